The summed E-state index contributed by atoms with van der Waals surface area (Å²) in [5, 5.41) is 6.29. The van der Waals surface area contributed by atoms with Gasteiger partial charge in [0.1, 0.15) is 0 Å². The molecule has 2 saturated heterocycles. The molecule has 0 unspecified atom stereocenters. The molecule has 0 aromatic heterocycles. The largest absolute Gasteiger partial charge is 0.359 e. The van der Waals surface area contributed by atoms with Gasteiger partial charge in [-0.05, 0) is 63.6 Å². The summed E-state index contributed by atoms with van der Waals surface area (Å²) in [6, 6.07) is 0. The molecule has 0 aromatic rings. The van der Waals surface area contributed by atoms with Gasteiger partial charge in [0.2, 0.25) is 5.91 Å². The number of halogens is 1. The van der Waals surface area contributed by atoms with Crippen molar-refractivity contribution in [3.8, 4) is 0 Å². The fraction of sp³-hybridized carbons (Fsp3) is 0.895. The van der Waals surface area contributed by atoms with Crippen molar-refractivity contribution in [2.24, 2.45) is 16.8 Å². The van der Waals surface area contributed by atoms with Crippen LogP contribution in [0.1, 0.15) is 45.4 Å². The second kappa shape index (κ2) is 12.8. The Hall–Kier alpha value is -0.570. The minimum atomic E-state index is 0. The van der Waals surface area contributed by atoms with Crippen molar-refractivity contribution in [1.82, 2.24) is 20.4 Å². The Bertz CT molecular complexity index is 430. The number of nitrogens with zero attached hydrogens (tertiary/aromatic N) is 3. The smallest absolute Gasteiger partial charge is 0.220 e. The zero-order valence-electron chi connectivity index (χ0n) is 16.8. The van der Waals surface area contributed by atoms with Crippen molar-refractivity contribution < 1.29 is 4.79 Å². The van der Waals surface area contributed by atoms with Gasteiger partial charge in [0, 0.05) is 40.2 Å². The molecule has 0 bridgehead atoms. The van der Waals surface area contributed by atoms with E-state index in [4.69, 9.17) is 0 Å². The second-order valence-corrected chi connectivity index (χ2v) is 7.45. The number of nitrogens with one attached hydrogen (secondary N) is 2. The molecule has 2 aliphatic heterocycles. The van der Waals surface area contributed by atoms with Gasteiger partial charge in [0.25, 0.3) is 0 Å². The highest BCUT2D eigenvalue weighted by Crippen LogP contribution is 2.21. The van der Waals surface area contributed by atoms with Crippen LogP contribution >= 0.6 is 24.0 Å². The number of rotatable bonds is 6. The van der Waals surface area contributed by atoms with Crippen LogP contribution in [0.3, 0.4) is 0 Å². The SMILES string of the molecule is CCN1CCC(CCNC(=NC)N2CCC(CC(=O)NC)CC2)CC1.I. The van der Waals surface area contributed by atoms with Gasteiger partial charge in [0.05, 0.1) is 0 Å². The number of piperidine rings is 2. The molecule has 152 valence electrons. The number of hydrogen-bond donors (Lipinski definition) is 2. The molecule has 0 radical (unpaired) electrons. The number of guanidine groups is 1. The van der Waals surface area contributed by atoms with E-state index < -0.39 is 0 Å². The summed E-state index contributed by atoms with van der Waals surface area (Å²) in [4.78, 5) is 20.9. The Morgan fingerprint density at radius 1 is 1.08 bits per heavy atom. The van der Waals surface area contributed by atoms with E-state index in [-0.39, 0.29) is 29.9 Å². The Morgan fingerprint density at radius 3 is 2.23 bits per heavy atom. The van der Waals surface area contributed by atoms with Gasteiger partial charge < -0.3 is 20.4 Å². The molecule has 0 aromatic carbocycles. The highest BCUT2D eigenvalue weighted by Gasteiger charge is 2.23. The molecule has 0 atom stereocenters. The number of hydrogen-bond acceptors (Lipinski definition) is 3. The van der Waals surface area contributed by atoms with Crippen LogP contribution in [-0.2, 0) is 4.79 Å². The van der Waals surface area contributed by atoms with Gasteiger partial charge >= 0.3 is 0 Å². The third-order valence-corrected chi connectivity index (χ3v) is 5.87. The predicted octanol–water partition coefficient (Wildman–Crippen LogP) is 2.15. The van der Waals surface area contributed by atoms with Crippen LogP contribution in [0.4, 0.5) is 0 Å². The first-order chi connectivity index (χ1) is 12.2. The van der Waals surface area contributed by atoms with E-state index in [0.717, 1.165) is 44.4 Å². The number of carbonyl (C=O) groups excluding carboxylic acids is 1. The first-order valence-electron chi connectivity index (χ1n) is 10.0. The third-order valence-electron chi connectivity index (χ3n) is 5.87. The summed E-state index contributed by atoms with van der Waals surface area (Å²) < 4.78 is 0. The Balaban J connectivity index is 0.00000338. The third kappa shape index (κ3) is 7.58. The molecule has 2 rings (SSSR count). The van der Waals surface area contributed by atoms with Crippen LogP contribution in [0.5, 0.6) is 0 Å². The topological polar surface area (TPSA) is 60.0 Å². The van der Waals surface area contributed by atoms with Crippen molar-refractivity contribution in [2.45, 2.75) is 45.4 Å². The number of likely N-dealkylation sites (tertiary alicyclic amines) is 2. The summed E-state index contributed by atoms with van der Waals surface area (Å²) in [6.07, 6.45) is 6.71. The van der Waals surface area contributed by atoms with Crippen LogP contribution < -0.4 is 10.6 Å². The first-order valence-corrected chi connectivity index (χ1v) is 10.0. The highest BCUT2D eigenvalue weighted by atomic mass is 127. The molecule has 0 spiro atoms. The lowest BCUT2D eigenvalue weighted by atomic mass is 9.93. The average molecular weight is 479 g/mol. The van der Waals surface area contributed by atoms with Gasteiger partial charge in [-0.1, -0.05) is 6.92 Å². The fourth-order valence-corrected chi connectivity index (χ4v) is 4.02. The van der Waals surface area contributed by atoms with Crippen molar-refractivity contribution >= 4 is 35.8 Å². The molecule has 7 heteroatoms. The lowest BCUT2D eigenvalue weighted by molar-refractivity contribution is -0.121. The lowest BCUT2D eigenvalue weighted by Gasteiger charge is -2.34. The molecule has 2 heterocycles. The van der Waals surface area contributed by atoms with E-state index in [0.29, 0.717) is 12.3 Å². The zero-order valence-corrected chi connectivity index (χ0v) is 19.1. The predicted molar refractivity (Wildman–Crippen MR) is 119 cm³/mol. The maximum atomic E-state index is 11.5. The van der Waals surface area contributed by atoms with E-state index in [1.54, 1.807) is 7.05 Å². The molecule has 26 heavy (non-hydrogen) atoms. The quantitative estimate of drug-likeness (QED) is 0.348. The first kappa shape index (κ1) is 23.5. The molecule has 1 amide bonds. The number of carbonyl (C=O) groups is 1. The molecule has 0 saturated carbocycles. The monoisotopic (exact) mass is 479 g/mol. The number of amides is 1. The molecule has 2 aliphatic rings. The van der Waals surface area contributed by atoms with E-state index in [9.17, 15) is 4.79 Å². The van der Waals surface area contributed by atoms with Crippen LogP contribution in [0.2, 0.25) is 0 Å². The lowest BCUT2D eigenvalue weighted by Crippen LogP contribution is -2.46. The van der Waals surface area contributed by atoms with E-state index >= 15 is 0 Å². The Labute approximate surface area is 176 Å². The Morgan fingerprint density at radius 2 is 1.69 bits per heavy atom. The molecule has 2 fully saturated rings. The van der Waals surface area contributed by atoms with Gasteiger partial charge in [-0.2, -0.15) is 0 Å². The summed E-state index contributed by atoms with van der Waals surface area (Å²) >= 11 is 0. The minimum absolute atomic E-state index is 0. The van der Waals surface area contributed by atoms with Crippen molar-refractivity contribution in [2.75, 3.05) is 53.4 Å². The standard InChI is InChI=1S/C19H37N5O.HI/c1-4-23-11-6-16(7-12-23)5-10-22-19(21-3)24-13-8-17(9-14-24)15-18(25)20-2;/h16-17H,4-15H2,1-3H3,(H,20,25)(H,21,22);1H. The van der Waals surface area contributed by atoms with Crippen LogP contribution in [0.15, 0.2) is 4.99 Å². The van der Waals surface area contributed by atoms with Crippen LogP contribution in [0.25, 0.3) is 0 Å². The minimum Gasteiger partial charge on any atom is -0.359 e. The van der Waals surface area contributed by atoms with Crippen molar-refractivity contribution in [3.63, 3.8) is 0 Å². The van der Waals surface area contributed by atoms with Gasteiger partial charge in [-0.15, -0.1) is 24.0 Å². The zero-order chi connectivity index (χ0) is 18.1. The molecular formula is C19H38IN5O. The Kier molecular flexibility index (Phi) is 11.5. The fourth-order valence-electron chi connectivity index (χ4n) is 4.02. The van der Waals surface area contributed by atoms with Crippen molar-refractivity contribution in [1.29, 1.82) is 0 Å². The van der Waals surface area contributed by atoms with E-state index in [1.807, 2.05) is 7.05 Å². The van der Waals surface area contributed by atoms with E-state index in [2.05, 4.69) is 32.3 Å². The van der Waals surface area contributed by atoms with Crippen LogP contribution in [-0.4, -0.2) is 75.0 Å². The normalized spacial score (nSPS) is 20.6. The van der Waals surface area contributed by atoms with Gasteiger partial charge in [-0.3, -0.25) is 9.79 Å². The average Bonchev–Trinajstić information content (AvgIpc) is 2.66. The van der Waals surface area contributed by atoms with Crippen molar-refractivity contribution in [3.05, 3.63) is 0 Å². The van der Waals surface area contributed by atoms with Gasteiger partial charge in [-0.25, -0.2) is 0 Å². The second-order valence-electron chi connectivity index (χ2n) is 7.45. The summed E-state index contributed by atoms with van der Waals surface area (Å²) in [7, 11) is 3.59. The molecule has 2 N–H and O–H groups in total. The van der Waals surface area contributed by atoms with Crippen LogP contribution in [0, 0.1) is 11.8 Å². The maximum Gasteiger partial charge on any atom is 0.220 e. The maximum absolute atomic E-state index is 11.5. The van der Waals surface area contributed by atoms with Gasteiger partial charge in [0.15, 0.2) is 5.96 Å². The molecular weight excluding hydrogens is 441 g/mol. The highest BCUT2D eigenvalue weighted by molar-refractivity contribution is 14.0. The summed E-state index contributed by atoms with van der Waals surface area (Å²) in [6.45, 7) is 8.97. The van der Waals surface area contributed by atoms with E-state index in [1.165, 1.54) is 38.9 Å². The number of aliphatic imine (C=N–C) groups is 1. The molecule has 0 aliphatic carbocycles. The summed E-state index contributed by atoms with van der Waals surface area (Å²) in [5.41, 5.74) is 0. The molecule has 6 nitrogen and oxygen atoms in total. The summed E-state index contributed by atoms with van der Waals surface area (Å²) in [5.74, 6) is 2.56.